The molecular formula is C16H16F3N5O4S. The lowest BCUT2D eigenvalue weighted by Crippen LogP contribution is -2.54. The molecule has 3 rings (SSSR count). The fraction of sp³-hybridized carbons (Fsp3) is 0.375. The normalized spacial score (nSPS) is 20.4. The molecule has 0 radical (unpaired) electrons. The molecule has 1 aliphatic carbocycles. The number of hydrogen-bond donors (Lipinski definition) is 1. The summed E-state index contributed by atoms with van der Waals surface area (Å²) in [5.41, 5.74) is 0.377. The van der Waals surface area contributed by atoms with Gasteiger partial charge in [-0.3, -0.25) is 14.3 Å². The first-order chi connectivity index (χ1) is 13.6. The van der Waals surface area contributed by atoms with Gasteiger partial charge in [-0.25, -0.2) is 18.4 Å². The summed E-state index contributed by atoms with van der Waals surface area (Å²) in [5.74, 6) is -2.62. The molecule has 0 bridgehead atoms. The molecule has 2 heterocycles. The number of rotatable bonds is 4. The lowest BCUT2D eigenvalue weighted by molar-refractivity contribution is -0.187. The monoisotopic (exact) mass is 431 g/mol. The Morgan fingerprint density at radius 2 is 2.03 bits per heavy atom. The molecule has 13 heteroatoms. The number of anilines is 1. The average Bonchev–Trinajstić information content (AvgIpc) is 2.67. The van der Waals surface area contributed by atoms with Crippen molar-refractivity contribution in [3.63, 3.8) is 0 Å². The molecule has 1 N–H and O–H groups in total. The van der Waals surface area contributed by atoms with Gasteiger partial charge in [-0.15, -0.1) is 0 Å². The van der Waals surface area contributed by atoms with Crippen LogP contribution in [-0.4, -0.2) is 71.1 Å². The van der Waals surface area contributed by atoms with E-state index in [0.29, 0.717) is 10.6 Å². The summed E-state index contributed by atoms with van der Waals surface area (Å²) in [6, 6.07) is 1.39. The van der Waals surface area contributed by atoms with Crippen LogP contribution in [-0.2, 0) is 19.6 Å². The summed E-state index contributed by atoms with van der Waals surface area (Å²) in [6.07, 6.45) is 1.93. The van der Waals surface area contributed by atoms with Crippen LogP contribution >= 0.6 is 0 Å². The summed E-state index contributed by atoms with van der Waals surface area (Å²) in [7, 11) is -3.79. The number of allylic oxidation sites excluding steroid dienone is 2. The molecule has 2 aliphatic rings. The number of halogens is 3. The predicted octanol–water partition coefficient (Wildman–Crippen LogP) is 0.664. The highest BCUT2D eigenvalue weighted by atomic mass is 32.2. The summed E-state index contributed by atoms with van der Waals surface area (Å²) in [5, 5.41) is -0.913. The van der Waals surface area contributed by atoms with Crippen LogP contribution < -0.4 is 4.72 Å². The van der Waals surface area contributed by atoms with Crippen molar-refractivity contribution in [2.45, 2.75) is 17.8 Å². The molecule has 0 spiro atoms. The summed E-state index contributed by atoms with van der Waals surface area (Å²) >= 11 is 0. The number of piperazine rings is 1. The van der Waals surface area contributed by atoms with Crippen molar-refractivity contribution >= 4 is 27.7 Å². The fourth-order valence-corrected chi connectivity index (χ4v) is 4.09. The zero-order chi connectivity index (χ0) is 21.2. The third kappa shape index (κ3) is 4.72. The first-order valence-electron chi connectivity index (χ1n) is 8.40. The van der Waals surface area contributed by atoms with Crippen molar-refractivity contribution in [3.05, 3.63) is 42.5 Å². The molecule has 2 amide bonds. The van der Waals surface area contributed by atoms with E-state index >= 15 is 0 Å². The maximum Gasteiger partial charge on any atom is 0.471 e. The van der Waals surface area contributed by atoms with E-state index in [4.69, 9.17) is 0 Å². The maximum absolute atomic E-state index is 12.5. The van der Waals surface area contributed by atoms with Crippen molar-refractivity contribution in [2.24, 2.45) is 0 Å². The minimum atomic E-state index is -5.04. The summed E-state index contributed by atoms with van der Waals surface area (Å²) < 4.78 is 64.7. The number of carbonyl (C=O) groups is 2. The van der Waals surface area contributed by atoms with E-state index < -0.39 is 39.8 Å². The Kier molecular flexibility index (Phi) is 5.59. The number of hydrogen-bond acceptors (Lipinski definition) is 6. The molecule has 1 aliphatic heterocycles. The first kappa shape index (κ1) is 20.8. The van der Waals surface area contributed by atoms with E-state index in [-0.39, 0.29) is 25.3 Å². The minimum absolute atomic E-state index is 0.0568. The van der Waals surface area contributed by atoms with Gasteiger partial charge in [0.05, 0.1) is 0 Å². The molecule has 1 saturated heterocycles. The van der Waals surface area contributed by atoms with Gasteiger partial charge >= 0.3 is 12.1 Å². The van der Waals surface area contributed by atoms with Crippen LogP contribution in [0.3, 0.4) is 0 Å². The Morgan fingerprint density at radius 3 is 2.59 bits per heavy atom. The van der Waals surface area contributed by atoms with Crippen molar-refractivity contribution in [2.75, 3.05) is 24.4 Å². The van der Waals surface area contributed by atoms with Gasteiger partial charge in [0.1, 0.15) is 23.9 Å². The topological polar surface area (TPSA) is 113 Å². The number of nitrogens with one attached hydrogen (secondary N) is 1. The smallest absolute Gasteiger partial charge is 0.324 e. The van der Waals surface area contributed by atoms with Gasteiger partial charge in [0.15, 0.2) is 0 Å². The van der Waals surface area contributed by atoms with Crippen LogP contribution in [0.15, 0.2) is 42.5 Å². The molecule has 1 fully saturated rings. The van der Waals surface area contributed by atoms with E-state index in [1.807, 2.05) is 0 Å². The van der Waals surface area contributed by atoms with E-state index in [9.17, 15) is 31.2 Å². The van der Waals surface area contributed by atoms with Crippen molar-refractivity contribution in [1.29, 1.82) is 0 Å². The summed E-state index contributed by atoms with van der Waals surface area (Å²) in [6.45, 7) is -1.08. The minimum Gasteiger partial charge on any atom is -0.324 e. The standard InChI is InChI=1S/C16H16F3N5O4S/c17-16(18,19)15(26)23-7-8-24(14(25)9-23)11-1-3-12(4-2-11)29(27,28)22-13-5-6-20-10-21-13/h1-3,5-6,10,12H,4,7-9H2,(H,20,21,22). The third-order valence-electron chi connectivity index (χ3n) is 4.33. The van der Waals surface area contributed by atoms with Crippen molar-refractivity contribution in [3.8, 4) is 0 Å². The zero-order valence-electron chi connectivity index (χ0n) is 14.8. The lowest BCUT2D eigenvalue weighted by atomic mass is 10.1. The van der Waals surface area contributed by atoms with E-state index in [2.05, 4.69) is 14.7 Å². The van der Waals surface area contributed by atoms with Gasteiger partial charge in [-0.2, -0.15) is 13.2 Å². The molecule has 0 aromatic carbocycles. The van der Waals surface area contributed by atoms with Gasteiger partial charge in [0, 0.05) is 25.0 Å². The number of sulfonamides is 1. The molecule has 9 nitrogen and oxygen atoms in total. The largest absolute Gasteiger partial charge is 0.471 e. The van der Waals surface area contributed by atoms with Crippen molar-refractivity contribution < 1.29 is 31.2 Å². The van der Waals surface area contributed by atoms with Crippen LogP contribution in [0.4, 0.5) is 19.0 Å². The third-order valence-corrected chi connectivity index (χ3v) is 5.97. The van der Waals surface area contributed by atoms with Crippen molar-refractivity contribution in [1.82, 2.24) is 19.8 Å². The molecule has 1 unspecified atom stereocenters. The van der Waals surface area contributed by atoms with Crippen LogP contribution in [0, 0.1) is 0 Å². The van der Waals surface area contributed by atoms with Gasteiger partial charge < -0.3 is 9.80 Å². The van der Waals surface area contributed by atoms with Gasteiger partial charge in [-0.05, 0) is 18.6 Å². The van der Waals surface area contributed by atoms with Crippen LogP contribution in [0.25, 0.3) is 0 Å². The van der Waals surface area contributed by atoms with Gasteiger partial charge in [0.2, 0.25) is 15.9 Å². The maximum atomic E-state index is 12.5. The number of nitrogens with zero attached hydrogens (tertiary/aromatic N) is 4. The second-order valence-corrected chi connectivity index (χ2v) is 8.17. The average molecular weight is 431 g/mol. The second-order valence-electron chi connectivity index (χ2n) is 6.27. The van der Waals surface area contributed by atoms with E-state index in [1.165, 1.54) is 41.7 Å². The Bertz CT molecular complexity index is 963. The lowest BCUT2D eigenvalue weighted by Gasteiger charge is -2.35. The quantitative estimate of drug-likeness (QED) is 0.750. The number of carbonyl (C=O) groups excluding carboxylic acids is 2. The van der Waals surface area contributed by atoms with E-state index in [0.717, 1.165) is 0 Å². The molecule has 29 heavy (non-hydrogen) atoms. The second kappa shape index (κ2) is 7.81. The number of aromatic nitrogens is 2. The highest BCUT2D eigenvalue weighted by Crippen LogP contribution is 2.24. The Balaban J connectivity index is 1.62. The van der Waals surface area contributed by atoms with Gasteiger partial charge in [-0.1, -0.05) is 12.2 Å². The SMILES string of the molecule is O=C1CN(C(=O)C(F)(F)F)CCN1C1=CCC(S(=O)(=O)Nc2ccncn2)C=C1. The zero-order valence-corrected chi connectivity index (χ0v) is 15.7. The molecule has 1 aromatic heterocycles. The predicted molar refractivity (Wildman–Crippen MR) is 94.6 cm³/mol. The van der Waals surface area contributed by atoms with E-state index in [1.54, 1.807) is 0 Å². The number of amides is 2. The van der Waals surface area contributed by atoms with Gasteiger partial charge in [0.25, 0.3) is 0 Å². The molecular weight excluding hydrogens is 415 g/mol. The molecule has 156 valence electrons. The van der Waals surface area contributed by atoms with Crippen LogP contribution in [0.1, 0.15) is 6.42 Å². The molecule has 1 aromatic rings. The highest BCUT2D eigenvalue weighted by Gasteiger charge is 2.44. The highest BCUT2D eigenvalue weighted by molar-refractivity contribution is 7.93. The Labute approximate surface area is 164 Å². The van der Waals surface area contributed by atoms with Crippen LogP contribution in [0.2, 0.25) is 0 Å². The Hall–Kier alpha value is -2.96. The first-order valence-corrected chi connectivity index (χ1v) is 9.95. The Morgan fingerprint density at radius 1 is 1.28 bits per heavy atom. The number of alkyl halides is 3. The fourth-order valence-electron chi connectivity index (χ4n) is 2.89. The van der Waals surface area contributed by atoms with Crippen LogP contribution in [0.5, 0.6) is 0 Å². The molecule has 1 atom stereocenters. The summed E-state index contributed by atoms with van der Waals surface area (Å²) in [4.78, 5) is 32.6. The molecule has 0 saturated carbocycles.